The zero-order valence-corrected chi connectivity index (χ0v) is 27.3. The quantitative estimate of drug-likeness (QED) is 0.209. The fraction of sp³-hybridized carbons (Fsp3) is 0.278. The summed E-state index contributed by atoms with van der Waals surface area (Å²) in [4.78, 5) is 4.28. The van der Waals surface area contributed by atoms with E-state index in [9.17, 15) is 0 Å². The summed E-state index contributed by atoms with van der Waals surface area (Å²) in [6.07, 6.45) is 0. The van der Waals surface area contributed by atoms with Crippen molar-refractivity contribution >= 4 is 0 Å². The van der Waals surface area contributed by atoms with E-state index >= 15 is 0 Å². The van der Waals surface area contributed by atoms with Crippen LogP contribution in [0.1, 0.15) is 45.2 Å². The molecule has 0 fully saturated rings. The third-order valence-electron chi connectivity index (χ3n) is 7.20. The summed E-state index contributed by atoms with van der Waals surface area (Å²) in [5, 5.41) is 10.3. The fourth-order valence-corrected chi connectivity index (χ4v) is 5.52. The Balaban J connectivity index is 0.000000252. The molecular weight excluding hydrogens is 580 g/mol. The van der Waals surface area contributed by atoms with Crippen LogP contribution >= 0.6 is 0 Å². The van der Waals surface area contributed by atoms with Crippen molar-refractivity contribution in [3.63, 3.8) is 0 Å². The number of hydrogen-bond donors (Lipinski definition) is 0. The third-order valence-corrected chi connectivity index (χ3v) is 7.20. The van der Waals surface area contributed by atoms with E-state index in [0.29, 0.717) is 11.8 Å². The van der Waals surface area contributed by atoms with E-state index in [1.54, 1.807) is 0 Å². The third kappa shape index (κ3) is 8.67. The molecule has 3 aliphatic carbocycles. The molecule has 0 heterocycles. The maximum atomic E-state index is 5.14. The summed E-state index contributed by atoms with van der Waals surface area (Å²) < 4.78 is 0. The first-order valence-electron chi connectivity index (χ1n) is 13.9. The Hall–Kier alpha value is -2.66. The van der Waals surface area contributed by atoms with Crippen molar-refractivity contribution in [1.82, 2.24) is 9.80 Å². The summed E-state index contributed by atoms with van der Waals surface area (Å²) in [6, 6.07) is 38.0. The first kappa shape index (κ1) is 32.9. The van der Waals surface area contributed by atoms with Crippen LogP contribution in [0.2, 0.25) is 0 Å². The van der Waals surface area contributed by atoms with Gasteiger partial charge in [0.25, 0.3) is 0 Å². The van der Waals surface area contributed by atoms with Crippen LogP contribution in [-0.4, -0.2) is 63.4 Å². The van der Waals surface area contributed by atoms with Gasteiger partial charge in [-0.15, -0.1) is 36.3 Å². The van der Waals surface area contributed by atoms with Gasteiger partial charge in [-0.05, 0) is 62.3 Å². The summed E-state index contributed by atoms with van der Waals surface area (Å²) >= 11 is 0. The first-order valence-corrected chi connectivity index (χ1v) is 13.9. The molecule has 2 bridgehead atoms. The average molecular weight is 622 g/mol. The Morgan fingerprint density at radius 3 is 0.976 bits per heavy atom. The van der Waals surface area contributed by atoms with Crippen LogP contribution in [0.25, 0.3) is 10.6 Å². The second-order valence-electron chi connectivity index (χ2n) is 11.0. The number of nitrogens with zero attached hydrogens (tertiary/aromatic N) is 4. The first-order chi connectivity index (χ1) is 19.4. The van der Waals surface area contributed by atoms with Gasteiger partial charge in [0.1, 0.15) is 0 Å². The van der Waals surface area contributed by atoms with E-state index in [4.69, 9.17) is 10.6 Å². The topological polar surface area (TPSA) is 34.7 Å². The summed E-state index contributed by atoms with van der Waals surface area (Å²) in [6.45, 7) is 8.93. The van der Waals surface area contributed by atoms with Crippen molar-refractivity contribution in [2.75, 3.05) is 41.5 Å². The number of hydrogen-bond acceptors (Lipinski definition) is 2. The minimum absolute atomic E-state index is 0. The van der Waals surface area contributed by atoms with Gasteiger partial charge in [0, 0.05) is 26.2 Å². The second-order valence-corrected chi connectivity index (χ2v) is 11.0. The van der Waals surface area contributed by atoms with Gasteiger partial charge in [0.2, 0.25) is 0 Å². The molecule has 0 unspecified atom stereocenters. The molecule has 4 aromatic carbocycles. The van der Waals surface area contributed by atoms with E-state index in [0.717, 1.165) is 24.5 Å². The molecule has 41 heavy (non-hydrogen) atoms. The molecule has 2 atom stereocenters. The maximum Gasteiger partial charge on any atom is 0 e. The van der Waals surface area contributed by atoms with Crippen LogP contribution in [0.4, 0.5) is 0 Å². The standard InChI is InChI=1S/C22H28N4.2C7H7.Zr/c1-25(2)13-23-21-19-15-9-5-7-11-17(15)20(22(21)24-14-26(3)4)18-12-8-6-10-16(18)19;2*1-7-5-3-2-4-6-7;/h5-12,19-22H,13-14H2,1-4H3;2*2-6H,1H2;/q-2;2*-1;/t19?,20?,21-,22-;;;/m1.../s1. The van der Waals surface area contributed by atoms with Gasteiger partial charge in [-0.2, -0.15) is 49.2 Å². The Morgan fingerprint density at radius 2 is 0.756 bits per heavy atom. The minimum Gasteiger partial charge on any atom is -0.647 e. The van der Waals surface area contributed by atoms with Crippen molar-refractivity contribution in [2.24, 2.45) is 0 Å². The van der Waals surface area contributed by atoms with E-state index in [1.165, 1.54) is 22.3 Å². The summed E-state index contributed by atoms with van der Waals surface area (Å²) in [5.74, 6) is 0.617. The number of benzene rings is 4. The van der Waals surface area contributed by atoms with Crippen molar-refractivity contribution in [2.45, 2.75) is 23.9 Å². The van der Waals surface area contributed by atoms with Gasteiger partial charge in [-0.3, -0.25) is 0 Å². The molecule has 5 heteroatoms. The van der Waals surface area contributed by atoms with Gasteiger partial charge in [-0.25, -0.2) is 0 Å². The Labute approximate surface area is 267 Å². The molecule has 0 radical (unpaired) electrons. The van der Waals surface area contributed by atoms with Crippen LogP contribution in [0.3, 0.4) is 0 Å². The van der Waals surface area contributed by atoms with E-state index in [2.05, 4.69) is 100 Å². The Kier molecular flexibility index (Phi) is 12.9. The zero-order chi connectivity index (χ0) is 28.5. The summed E-state index contributed by atoms with van der Waals surface area (Å²) in [5.41, 5.74) is 7.92. The molecule has 214 valence electrons. The van der Waals surface area contributed by atoms with E-state index < -0.39 is 0 Å². The van der Waals surface area contributed by atoms with Crippen LogP contribution in [-0.2, 0) is 26.2 Å². The normalized spacial score (nSPS) is 19.6. The monoisotopic (exact) mass is 620 g/mol. The molecule has 0 amide bonds. The molecule has 0 aliphatic heterocycles. The predicted molar refractivity (Wildman–Crippen MR) is 170 cm³/mol. The van der Waals surface area contributed by atoms with Crippen molar-refractivity contribution in [3.05, 3.63) is 167 Å². The Morgan fingerprint density at radius 1 is 0.488 bits per heavy atom. The largest absolute Gasteiger partial charge is 0.647 e. The van der Waals surface area contributed by atoms with Crippen LogP contribution in [0.15, 0.2) is 109 Å². The number of rotatable bonds is 6. The van der Waals surface area contributed by atoms with Gasteiger partial charge in [-0.1, -0.05) is 74.0 Å². The molecule has 4 aromatic rings. The average Bonchev–Trinajstić information content (AvgIpc) is 2.96. The molecule has 0 spiro atoms. The van der Waals surface area contributed by atoms with Gasteiger partial charge < -0.3 is 20.4 Å². The van der Waals surface area contributed by atoms with E-state index in [1.807, 2.05) is 60.7 Å². The summed E-state index contributed by atoms with van der Waals surface area (Å²) in [7, 11) is 8.33. The molecule has 0 saturated heterocycles. The van der Waals surface area contributed by atoms with Crippen LogP contribution in [0.5, 0.6) is 0 Å². The zero-order valence-electron chi connectivity index (χ0n) is 24.8. The maximum absolute atomic E-state index is 5.14. The van der Waals surface area contributed by atoms with Crippen molar-refractivity contribution in [1.29, 1.82) is 0 Å². The smallest absolute Gasteiger partial charge is 0 e. The molecular formula is C36H42N4Zr-4. The van der Waals surface area contributed by atoms with Crippen molar-refractivity contribution < 1.29 is 26.2 Å². The van der Waals surface area contributed by atoms with Crippen molar-refractivity contribution in [3.8, 4) is 0 Å². The minimum atomic E-state index is 0. The Bertz CT molecular complexity index is 1160. The molecule has 7 rings (SSSR count). The predicted octanol–water partition coefficient (Wildman–Crippen LogP) is 7.54. The molecule has 3 aliphatic rings. The van der Waals surface area contributed by atoms with Gasteiger partial charge >= 0.3 is 0 Å². The van der Waals surface area contributed by atoms with Gasteiger partial charge in [0.15, 0.2) is 0 Å². The fourth-order valence-electron chi connectivity index (χ4n) is 5.52. The molecule has 0 N–H and O–H groups in total. The molecule has 0 aromatic heterocycles. The van der Waals surface area contributed by atoms with Crippen LogP contribution in [0, 0.1) is 13.8 Å². The second kappa shape index (κ2) is 16.1. The van der Waals surface area contributed by atoms with Gasteiger partial charge in [0.05, 0.1) is 0 Å². The SMILES string of the molecule is CN(C)C[N-][C@@H]1C2c3ccccc3C(c3ccccc32)[C@H]1[N-]CN(C)C.[CH2-]c1ccccc1.[CH2-]c1ccccc1.[Zr]. The molecule has 0 saturated carbocycles. The molecule has 4 nitrogen and oxygen atoms in total. The van der Waals surface area contributed by atoms with E-state index in [-0.39, 0.29) is 38.3 Å². The number of fused-ring (bicyclic) bond motifs is 1. The van der Waals surface area contributed by atoms with Crippen LogP contribution < -0.4 is 0 Å².